The highest BCUT2D eigenvalue weighted by Crippen LogP contribution is 2.26. The van der Waals surface area contributed by atoms with Gasteiger partial charge in [-0.25, -0.2) is 0 Å². The summed E-state index contributed by atoms with van der Waals surface area (Å²) in [4.78, 5) is 2.24. The number of para-hydroxylation sites is 1. The Balaban J connectivity index is 2.18. The summed E-state index contributed by atoms with van der Waals surface area (Å²) in [6, 6.07) is 8.81. The molecular formula is C18H28N2O. The average Bonchev–Trinajstić information content (AvgIpc) is 2.80. The fraction of sp³-hybridized carbons (Fsp3) is 0.556. The van der Waals surface area contributed by atoms with E-state index in [9.17, 15) is 0 Å². The van der Waals surface area contributed by atoms with E-state index in [0.717, 1.165) is 30.9 Å². The van der Waals surface area contributed by atoms with Crippen molar-refractivity contribution in [3.05, 3.63) is 35.6 Å². The van der Waals surface area contributed by atoms with Crippen molar-refractivity contribution in [1.82, 2.24) is 10.2 Å². The highest BCUT2D eigenvalue weighted by atomic mass is 16.3. The first-order chi connectivity index (χ1) is 10.0. The molecule has 0 amide bonds. The van der Waals surface area contributed by atoms with E-state index in [1.165, 1.54) is 10.9 Å². The van der Waals surface area contributed by atoms with E-state index in [1.54, 1.807) is 0 Å². The lowest BCUT2D eigenvalue weighted by atomic mass is 10.0. The maximum Gasteiger partial charge on any atom is 0.134 e. The third-order valence-corrected chi connectivity index (χ3v) is 4.01. The van der Waals surface area contributed by atoms with Crippen molar-refractivity contribution >= 4 is 11.0 Å². The molecule has 0 aliphatic heterocycles. The zero-order valence-corrected chi connectivity index (χ0v) is 13.9. The second-order valence-electron chi connectivity index (χ2n) is 6.35. The van der Waals surface area contributed by atoms with Gasteiger partial charge in [-0.05, 0) is 26.1 Å². The summed E-state index contributed by atoms with van der Waals surface area (Å²) in [6.45, 7) is 8.62. The molecule has 0 aliphatic rings. The number of benzene rings is 1. The number of likely N-dealkylation sites (N-methyl/N-ethyl adjacent to an activating group) is 1. The molecule has 0 radical (unpaired) electrons. The number of hydrogen-bond donors (Lipinski definition) is 1. The van der Waals surface area contributed by atoms with E-state index >= 15 is 0 Å². The molecule has 1 atom stereocenters. The number of hydrogen-bond acceptors (Lipinski definition) is 3. The molecule has 2 rings (SSSR count). The van der Waals surface area contributed by atoms with Crippen LogP contribution in [0.2, 0.25) is 0 Å². The van der Waals surface area contributed by atoms with Gasteiger partial charge in [0.15, 0.2) is 0 Å². The molecule has 116 valence electrons. The lowest BCUT2D eigenvalue weighted by Gasteiger charge is -2.25. The molecule has 21 heavy (non-hydrogen) atoms. The smallest absolute Gasteiger partial charge is 0.134 e. The minimum atomic E-state index is 0.485. The second-order valence-corrected chi connectivity index (χ2v) is 6.35. The van der Waals surface area contributed by atoms with E-state index < -0.39 is 0 Å². The number of aryl methyl sites for hydroxylation is 1. The molecule has 0 saturated carbocycles. The lowest BCUT2D eigenvalue weighted by Crippen LogP contribution is -2.41. The molecule has 0 spiro atoms. The van der Waals surface area contributed by atoms with Gasteiger partial charge in [0.05, 0.1) is 0 Å². The van der Waals surface area contributed by atoms with Crippen molar-refractivity contribution < 1.29 is 4.42 Å². The van der Waals surface area contributed by atoms with E-state index in [4.69, 9.17) is 4.42 Å². The fourth-order valence-electron chi connectivity index (χ4n) is 2.77. The van der Waals surface area contributed by atoms with Crippen molar-refractivity contribution in [2.75, 3.05) is 20.6 Å². The van der Waals surface area contributed by atoms with E-state index in [0.29, 0.717) is 12.0 Å². The molecule has 1 aromatic heterocycles. The van der Waals surface area contributed by atoms with Crippen LogP contribution in [0, 0.1) is 5.92 Å². The minimum Gasteiger partial charge on any atom is -0.461 e. The molecule has 0 bridgehead atoms. The van der Waals surface area contributed by atoms with Crippen molar-refractivity contribution in [2.45, 2.75) is 39.8 Å². The topological polar surface area (TPSA) is 28.4 Å². The summed E-state index contributed by atoms with van der Waals surface area (Å²) in [5, 5.41) is 4.96. The molecule has 0 saturated heterocycles. The van der Waals surface area contributed by atoms with Gasteiger partial charge >= 0.3 is 0 Å². The van der Waals surface area contributed by atoms with Gasteiger partial charge in [0, 0.05) is 36.5 Å². The van der Waals surface area contributed by atoms with Crippen LogP contribution in [0.5, 0.6) is 0 Å². The van der Waals surface area contributed by atoms with Crippen molar-refractivity contribution in [3.63, 3.8) is 0 Å². The number of rotatable bonds is 7. The van der Waals surface area contributed by atoms with Gasteiger partial charge in [0.2, 0.25) is 0 Å². The van der Waals surface area contributed by atoms with Crippen molar-refractivity contribution in [2.24, 2.45) is 5.92 Å². The zero-order valence-electron chi connectivity index (χ0n) is 13.9. The third kappa shape index (κ3) is 3.86. The van der Waals surface area contributed by atoms with Crippen LogP contribution in [0.25, 0.3) is 11.0 Å². The van der Waals surface area contributed by atoms with Crippen LogP contribution in [0.3, 0.4) is 0 Å². The Morgan fingerprint density at radius 2 is 1.90 bits per heavy atom. The van der Waals surface area contributed by atoms with Gasteiger partial charge in [0.1, 0.15) is 11.3 Å². The molecule has 1 heterocycles. The van der Waals surface area contributed by atoms with Crippen LogP contribution in [0.1, 0.15) is 32.1 Å². The molecular weight excluding hydrogens is 260 g/mol. The van der Waals surface area contributed by atoms with E-state index in [2.05, 4.69) is 63.3 Å². The van der Waals surface area contributed by atoms with Crippen LogP contribution in [-0.2, 0) is 13.0 Å². The molecule has 3 nitrogen and oxygen atoms in total. The Labute approximate surface area is 128 Å². The van der Waals surface area contributed by atoms with Gasteiger partial charge in [-0.3, -0.25) is 0 Å². The minimum absolute atomic E-state index is 0.485. The van der Waals surface area contributed by atoms with E-state index in [-0.39, 0.29) is 0 Å². The predicted molar refractivity (Wildman–Crippen MR) is 89.6 cm³/mol. The number of nitrogens with one attached hydrogen (secondary N) is 1. The van der Waals surface area contributed by atoms with Gasteiger partial charge in [-0.15, -0.1) is 0 Å². The van der Waals surface area contributed by atoms with Crippen molar-refractivity contribution in [1.29, 1.82) is 0 Å². The monoisotopic (exact) mass is 288 g/mol. The Hall–Kier alpha value is -1.32. The standard InChI is InChI=1S/C18H28N2O/c1-6-17-15(14-9-7-8-10-18(14)21-17)11-19-16(13(2)3)12-20(4)5/h7-10,13,16,19H,6,11-12H2,1-5H3. The molecule has 0 aliphatic carbocycles. The Morgan fingerprint density at radius 1 is 1.19 bits per heavy atom. The first kappa shape index (κ1) is 16.1. The summed E-state index contributed by atoms with van der Waals surface area (Å²) < 4.78 is 5.97. The Bertz CT molecular complexity index is 572. The van der Waals surface area contributed by atoms with Crippen LogP contribution in [0.4, 0.5) is 0 Å². The molecule has 0 fully saturated rings. The zero-order chi connectivity index (χ0) is 15.4. The normalized spacial score (nSPS) is 13.5. The van der Waals surface area contributed by atoms with Gasteiger partial charge in [-0.1, -0.05) is 39.0 Å². The summed E-state index contributed by atoms with van der Waals surface area (Å²) in [7, 11) is 4.25. The summed E-state index contributed by atoms with van der Waals surface area (Å²) in [5.74, 6) is 1.71. The Kier molecular flexibility index (Phi) is 5.43. The number of fused-ring (bicyclic) bond motifs is 1. The highest BCUT2D eigenvalue weighted by molar-refractivity contribution is 5.82. The third-order valence-electron chi connectivity index (χ3n) is 4.01. The predicted octanol–water partition coefficient (Wildman–Crippen LogP) is 3.67. The van der Waals surface area contributed by atoms with Crippen LogP contribution < -0.4 is 5.32 Å². The highest BCUT2D eigenvalue weighted by Gasteiger charge is 2.17. The van der Waals surface area contributed by atoms with Gasteiger partial charge in [-0.2, -0.15) is 0 Å². The summed E-state index contributed by atoms with van der Waals surface area (Å²) in [5.41, 5.74) is 2.32. The summed E-state index contributed by atoms with van der Waals surface area (Å²) in [6.07, 6.45) is 0.936. The number of furan rings is 1. The lowest BCUT2D eigenvalue weighted by molar-refractivity contribution is 0.288. The first-order valence-electron chi connectivity index (χ1n) is 7.90. The second kappa shape index (κ2) is 7.10. The van der Waals surface area contributed by atoms with Crippen molar-refractivity contribution in [3.8, 4) is 0 Å². The van der Waals surface area contributed by atoms with Gasteiger partial charge < -0.3 is 14.6 Å². The maximum absolute atomic E-state index is 5.97. The van der Waals surface area contributed by atoms with Crippen LogP contribution in [-0.4, -0.2) is 31.6 Å². The van der Waals surface area contributed by atoms with Crippen LogP contribution in [0.15, 0.2) is 28.7 Å². The molecule has 1 aromatic carbocycles. The average molecular weight is 288 g/mol. The Morgan fingerprint density at radius 3 is 2.52 bits per heavy atom. The molecule has 3 heteroatoms. The first-order valence-corrected chi connectivity index (χ1v) is 7.90. The van der Waals surface area contributed by atoms with Gasteiger partial charge in [0.25, 0.3) is 0 Å². The maximum atomic E-state index is 5.97. The van der Waals surface area contributed by atoms with E-state index in [1.807, 2.05) is 6.07 Å². The molecule has 1 unspecified atom stereocenters. The SMILES string of the molecule is CCc1oc2ccccc2c1CNC(CN(C)C)C(C)C. The fourth-order valence-corrected chi connectivity index (χ4v) is 2.77. The quantitative estimate of drug-likeness (QED) is 0.842. The summed E-state index contributed by atoms with van der Waals surface area (Å²) >= 11 is 0. The van der Waals surface area contributed by atoms with Crippen LogP contribution >= 0.6 is 0 Å². The molecule has 2 aromatic rings. The molecule has 1 N–H and O–H groups in total. The number of nitrogens with zero attached hydrogens (tertiary/aromatic N) is 1. The largest absolute Gasteiger partial charge is 0.461 e.